The largest absolute Gasteiger partial charge is 0.593 e. The van der Waals surface area contributed by atoms with Crippen molar-refractivity contribution in [1.82, 2.24) is 5.32 Å². The Hall–Kier alpha value is -1.69. The van der Waals surface area contributed by atoms with Crippen molar-refractivity contribution in [2.24, 2.45) is 0 Å². The number of carbonyl (C=O) groups excluding carboxylic acids is 1. The number of amides is 1. The molecule has 0 saturated carbocycles. The molecule has 1 aliphatic rings. The summed E-state index contributed by atoms with van der Waals surface area (Å²) in [5, 5.41) is 3.81. The Labute approximate surface area is 149 Å². The van der Waals surface area contributed by atoms with Crippen LogP contribution in [0.5, 0.6) is 0 Å². The first-order valence-corrected chi connectivity index (χ1v) is 9.61. The van der Waals surface area contributed by atoms with E-state index in [1.54, 1.807) is 24.3 Å². The third-order valence-electron chi connectivity index (χ3n) is 4.13. The normalized spacial score (nSPS) is 17.2. The van der Waals surface area contributed by atoms with E-state index in [4.69, 9.17) is 11.6 Å². The van der Waals surface area contributed by atoms with Gasteiger partial charge in [0.25, 0.3) is 5.91 Å². The van der Waals surface area contributed by atoms with Crippen LogP contribution in [0, 0.1) is 0 Å². The molecule has 2 N–H and O–H groups in total. The molecule has 0 bridgehead atoms. The van der Waals surface area contributed by atoms with Crippen molar-refractivity contribution in [1.29, 1.82) is 0 Å². The van der Waals surface area contributed by atoms with Gasteiger partial charge in [-0.25, -0.2) is 4.72 Å². The highest BCUT2D eigenvalue weighted by Gasteiger charge is 2.24. The van der Waals surface area contributed by atoms with E-state index in [9.17, 15) is 9.35 Å². The van der Waals surface area contributed by atoms with E-state index in [-0.39, 0.29) is 11.9 Å². The van der Waals surface area contributed by atoms with Crippen LogP contribution in [0.1, 0.15) is 40.9 Å². The molecule has 1 amide bonds. The molecular formula is C18H19ClN2O2S. The predicted octanol–water partition coefficient (Wildman–Crippen LogP) is 3.85. The third-order valence-corrected chi connectivity index (χ3v) is 5.35. The minimum Gasteiger partial charge on any atom is -0.593 e. The maximum Gasteiger partial charge on any atom is 0.251 e. The van der Waals surface area contributed by atoms with Gasteiger partial charge in [-0.15, -0.1) is 0 Å². The molecule has 0 aromatic heterocycles. The molecule has 0 aliphatic heterocycles. The summed E-state index contributed by atoms with van der Waals surface area (Å²) < 4.78 is 14.4. The first kappa shape index (κ1) is 17.1. The van der Waals surface area contributed by atoms with Crippen molar-refractivity contribution in [2.45, 2.75) is 25.8 Å². The Morgan fingerprint density at radius 2 is 2.04 bits per heavy atom. The number of anilines is 1. The molecule has 3 rings (SSSR count). The standard InChI is InChI=1S/C18H19ClN2O2S/c1-2-24(23)21-15-7-3-12(4-8-15)18(22)20-17-10-5-13-11-14(19)6-9-16(13)17/h3-4,6-9,11,17,21H,2,5,10H2,1H3,(H,20,22). The molecule has 0 spiro atoms. The summed E-state index contributed by atoms with van der Waals surface area (Å²) in [6, 6.07) is 12.9. The highest BCUT2D eigenvalue weighted by atomic mass is 35.5. The number of benzene rings is 2. The minimum atomic E-state index is -1.09. The summed E-state index contributed by atoms with van der Waals surface area (Å²) in [5.41, 5.74) is 3.68. The van der Waals surface area contributed by atoms with Crippen LogP contribution in [-0.2, 0) is 17.8 Å². The fraction of sp³-hybridized carbons (Fsp3) is 0.278. The summed E-state index contributed by atoms with van der Waals surface area (Å²) >= 11 is 4.93. The molecule has 0 saturated heterocycles. The summed E-state index contributed by atoms with van der Waals surface area (Å²) in [5.74, 6) is 0.429. The molecule has 4 nitrogen and oxygen atoms in total. The monoisotopic (exact) mass is 362 g/mol. The number of rotatable bonds is 5. The van der Waals surface area contributed by atoms with Crippen molar-refractivity contribution >= 4 is 34.6 Å². The van der Waals surface area contributed by atoms with Gasteiger partial charge >= 0.3 is 0 Å². The lowest BCUT2D eigenvalue weighted by atomic mass is 10.1. The molecule has 0 heterocycles. The summed E-state index contributed by atoms with van der Waals surface area (Å²) in [4.78, 5) is 12.4. The fourth-order valence-corrected chi connectivity index (χ4v) is 3.61. The molecule has 0 radical (unpaired) electrons. The number of hydrogen-bond acceptors (Lipinski definition) is 3. The third kappa shape index (κ3) is 3.86. The first-order valence-electron chi connectivity index (χ1n) is 7.91. The lowest BCUT2D eigenvalue weighted by molar-refractivity contribution is 0.0937. The van der Waals surface area contributed by atoms with E-state index in [0.29, 0.717) is 11.3 Å². The molecule has 2 aromatic carbocycles. The molecule has 6 heteroatoms. The molecule has 2 atom stereocenters. The predicted molar refractivity (Wildman–Crippen MR) is 98.7 cm³/mol. The van der Waals surface area contributed by atoms with Crippen molar-refractivity contribution in [3.05, 3.63) is 64.2 Å². The topological polar surface area (TPSA) is 64.2 Å². The smallest absolute Gasteiger partial charge is 0.251 e. The van der Waals surface area contributed by atoms with Crippen LogP contribution >= 0.6 is 11.6 Å². The number of nitrogens with one attached hydrogen (secondary N) is 2. The van der Waals surface area contributed by atoms with E-state index in [0.717, 1.165) is 29.1 Å². The zero-order valence-corrected chi connectivity index (χ0v) is 14.9. The highest BCUT2D eigenvalue weighted by Crippen LogP contribution is 2.33. The van der Waals surface area contributed by atoms with Gasteiger partial charge in [0.1, 0.15) is 5.75 Å². The number of halogens is 1. The average molecular weight is 363 g/mol. The second-order valence-corrected chi connectivity index (χ2v) is 7.63. The van der Waals surface area contributed by atoms with Crippen molar-refractivity contribution in [2.75, 3.05) is 10.5 Å². The Morgan fingerprint density at radius 1 is 1.29 bits per heavy atom. The minimum absolute atomic E-state index is 0.0233. The Morgan fingerprint density at radius 3 is 2.75 bits per heavy atom. The Kier molecular flexibility index (Phi) is 5.33. The van der Waals surface area contributed by atoms with Gasteiger partial charge in [-0.1, -0.05) is 17.7 Å². The molecule has 126 valence electrons. The zero-order chi connectivity index (χ0) is 17.1. The van der Waals surface area contributed by atoms with Gasteiger partial charge in [0, 0.05) is 10.6 Å². The van der Waals surface area contributed by atoms with Crippen LogP contribution in [0.3, 0.4) is 0 Å². The Balaban J connectivity index is 1.66. The number of hydrogen-bond donors (Lipinski definition) is 2. The van der Waals surface area contributed by atoms with Gasteiger partial charge in [0.2, 0.25) is 0 Å². The van der Waals surface area contributed by atoms with Crippen molar-refractivity contribution in [3.8, 4) is 0 Å². The van der Waals surface area contributed by atoms with Crippen molar-refractivity contribution in [3.63, 3.8) is 0 Å². The van der Waals surface area contributed by atoms with E-state index < -0.39 is 11.4 Å². The second kappa shape index (κ2) is 7.47. The van der Waals surface area contributed by atoms with Gasteiger partial charge in [-0.05, 0) is 67.3 Å². The van der Waals surface area contributed by atoms with Gasteiger partial charge in [0.05, 0.1) is 23.1 Å². The second-order valence-electron chi connectivity index (χ2n) is 5.72. The molecule has 1 aliphatic carbocycles. The van der Waals surface area contributed by atoms with Gasteiger partial charge < -0.3 is 9.87 Å². The molecule has 24 heavy (non-hydrogen) atoms. The summed E-state index contributed by atoms with van der Waals surface area (Å²) in [6.07, 6.45) is 1.81. The van der Waals surface area contributed by atoms with Crippen LogP contribution in [0.2, 0.25) is 5.02 Å². The quantitative estimate of drug-likeness (QED) is 0.794. The van der Waals surface area contributed by atoms with E-state index in [1.165, 1.54) is 5.56 Å². The molecule has 0 fully saturated rings. The lowest BCUT2D eigenvalue weighted by Crippen LogP contribution is -2.27. The summed E-state index contributed by atoms with van der Waals surface area (Å²) in [6.45, 7) is 1.84. The van der Waals surface area contributed by atoms with Crippen molar-refractivity contribution < 1.29 is 9.35 Å². The molecule has 2 unspecified atom stereocenters. The van der Waals surface area contributed by atoms with Crippen LogP contribution in [0.25, 0.3) is 0 Å². The van der Waals surface area contributed by atoms with E-state index in [1.807, 2.05) is 25.1 Å². The first-order chi connectivity index (χ1) is 11.6. The fourth-order valence-electron chi connectivity index (χ4n) is 2.87. The maximum absolute atomic E-state index is 12.4. The molecule has 2 aromatic rings. The van der Waals surface area contributed by atoms with Crippen LogP contribution in [0.4, 0.5) is 5.69 Å². The van der Waals surface area contributed by atoms with E-state index in [2.05, 4.69) is 10.0 Å². The zero-order valence-electron chi connectivity index (χ0n) is 13.3. The van der Waals surface area contributed by atoms with Crippen LogP contribution < -0.4 is 10.0 Å². The average Bonchev–Trinajstić information content (AvgIpc) is 2.97. The maximum atomic E-state index is 12.4. The van der Waals surface area contributed by atoms with Gasteiger partial charge in [-0.3, -0.25) is 4.79 Å². The summed E-state index contributed by atoms with van der Waals surface area (Å²) in [7, 11) is 0. The molecular weight excluding hydrogens is 344 g/mol. The van der Waals surface area contributed by atoms with Gasteiger partial charge in [-0.2, -0.15) is 0 Å². The number of fused-ring (bicyclic) bond motifs is 1. The van der Waals surface area contributed by atoms with Crippen LogP contribution in [0.15, 0.2) is 42.5 Å². The van der Waals surface area contributed by atoms with Gasteiger partial charge in [0.15, 0.2) is 0 Å². The van der Waals surface area contributed by atoms with Crippen LogP contribution in [-0.4, -0.2) is 16.2 Å². The Bertz CT molecular complexity index is 736. The number of carbonyl (C=O) groups is 1. The SMILES string of the molecule is CC[S+]([O-])Nc1ccc(C(=O)NC2CCc3cc(Cl)ccc32)cc1. The van der Waals surface area contributed by atoms with E-state index >= 15 is 0 Å². The lowest BCUT2D eigenvalue weighted by Gasteiger charge is -2.15. The number of aryl methyl sites for hydroxylation is 1. The highest BCUT2D eigenvalue weighted by molar-refractivity contribution is 7.92.